The van der Waals surface area contributed by atoms with Gasteiger partial charge >= 0.3 is 17.6 Å². The van der Waals surface area contributed by atoms with E-state index in [1.165, 1.54) is 0 Å². The molecule has 0 spiro atoms. The Labute approximate surface area is 396 Å². The number of hydrogen-bond acceptors (Lipinski definition) is 6. The summed E-state index contributed by atoms with van der Waals surface area (Å²) < 4.78 is 9.89. The van der Waals surface area contributed by atoms with Crippen molar-refractivity contribution in [3.8, 4) is 285 Å². The third-order valence-corrected chi connectivity index (χ3v) is 6.36. The van der Waals surface area contributed by atoms with Crippen LogP contribution in [0, 0.1) is 285 Å². The van der Waals surface area contributed by atoms with Crippen molar-refractivity contribution in [2.75, 3.05) is 17.7 Å². The van der Waals surface area contributed by atoms with E-state index >= 15 is 0 Å². The minimum atomic E-state index is -2.07. The molecule has 1 aliphatic heterocycles. The number of benzene rings is 2. The van der Waals surface area contributed by atoms with Gasteiger partial charge in [-0.05, 0) is 64.9 Å². The molecule has 3 rings (SSSR count). The van der Waals surface area contributed by atoms with Crippen molar-refractivity contribution in [3.05, 3.63) is 36.4 Å². The van der Waals surface area contributed by atoms with Crippen LogP contribution in [0.15, 0.2) is 36.4 Å². The summed E-state index contributed by atoms with van der Waals surface area (Å²) in [5.74, 6) is 111. The first kappa shape index (κ1) is 49.0. The first-order valence-electron chi connectivity index (χ1n) is 18.0. The first-order valence-corrected chi connectivity index (χ1v) is 18.0. The van der Waals surface area contributed by atoms with Gasteiger partial charge in [-0.25, -0.2) is 9.59 Å². The Bertz CT molecular complexity index is 4100. The van der Waals surface area contributed by atoms with Gasteiger partial charge < -0.3 is 20.1 Å². The number of rotatable bonds is 2. The number of carbonyl (C=O) groups excluding carboxylic acids is 2. The zero-order valence-electron chi connectivity index (χ0n) is 34.7. The molecule has 1 heterocycles. The minimum absolute atomic E-state index is 0.538. The fraction of sp³-hybridized carbons (Fsp3) is 0.0323. The summed E-state index contributed by atoms with van der Waals surface area (Å²) in [4.78, 5) is 25.8. The summed E-state index contributed by atoms with van der Waals surface area (Å²) >= 11 is 0. The molecule has 1 aliphatic rings. The molecule has 2 N–H and O–H groups in total. The third kappa shape index (κ3) is 20.1. The van der Waals surface area contributed by atoms with E-state index in [2.05, 4.69) is 289 Å². The van der Waals surface area contributed by atoms with E-state index in [0.29, 0.717) is 11.4 Å². The van der Waals surface area contributed by atoms with E-state index in [0.717, 1.165) is 17.9 Å². The maximum absolute atomic E-state index is 13.0. The standard InChI is InChI=1S/C62H12N2O4/c1-3-4-5-6-7-8-9-10-11-12-13-14-15-16-17-18-19-20-21-22-23-24-25-26-27-28-29-30-31-32-33-34-35-36-37-38-39-40-41-42-43-44-45-46-47-48-55-68-61(66)62(60(65)67-2)63-57-53-49-51-56-52-50-54-58(64-62)59(56)57/h1,49-54,63-64H,2H3. The second kappa shape index (κ2) is 32.5. The molecule has 6 nitrogen and oxygen atoms in total. The Morgan fingerprint density at radius 3 is 0.882 bits per heavy atom. The van der Waals surface area contributed by atoms with E-state index in [-0.39, 0.29) is 0 Å². The smallest absolute Gasteiger partial charge is 0.379 e. The Morgan fingerprint density at radius 1 is 0.382 bits per heavy atom. The topological polar surface area (TPSA) is 76.7 Å². The number of terminal acetylenes is 1. The third-order valence-electron chi connectivity index (χ3n) is 6.36. The molecule has 0 saturated carbocycles. The lowest BCUT2D eigenvalue weighted by molar-refractivity contribution is -0.156. The quantitative estimate of drug-likeness (QED) is 0.273. The Balaban J connectivity index is 1.34. The molecular weight excluding hydrogens is 837 g/mol. The molecule has 0 bridgehead atoms. The van der Waals surface area contributed by atoms with Crippen LogP contribution in [0.5, 0.6) is 0 Å². The average molecular weight is 849 g/mol. The van der Waals surface area contributed by atoms with E-state index in [9.17, 15) is 9.59 Å². The molecule has 68 heavy (non-hydrogen) atoms. The molecule has 0 radical (unpaired) electrons. The van der Waals surface area contributed by atoms with Crippen molar-refractivity contribution in [1.29, 1.82) is 0 Å². The molecule has 294 valence electrons. The van der Waals surface area contributed by atoms with Crippen LogP contribution in [0.1, 0.15) is 0 Å². The van der Waals surface area contributed by atoms with Crippen molar-refractivity contribution in [1.82, 2.24) is 0 Å². The lowest BCUT2D eigenvalue weighted by Gasteiger charge is -2.35. The van der Waals surface area contributed by atoms with Crippen molar-refractivity contribution in [2.24, 2.45) is 0 Å². The molecule has 0 aliphatic carbocycles. The normalized spacial score (nSPS) is 7.29. The summed E-state index contributed by atoms with van der Waals surface area (Å²) in [6.07, 6.45) is 7.10. The van der Waals surface area contributed by atoms with Gasteiger partial charge in [-0.1, -0.05) is 24.3 Å². The van der Waals surface area contributed by atoms with Crippen molar-refractivity contribution >= 4 is 34.1 Å². The van der Waals surface area contributed by atoms with Gasteiger partial charge in [-0.15, -0.1) is 6.42 Å². The fourth-order valence-corrected chi connectivity index (χ4v) is 3.98. The number of esters is 2. The molecule has 0 fully saturated rings. The van der Waals surface area contributed by atoms with Gasteiger partial charge in [0.1, 0.15) is 6.11 Å². The van der Waals surface area contributed by atoms with Gasteiger partial charge in [-0.3, -0.25) is 0 Å². The molecule has 2 aromatic carbocycles. The van der Waals surface area contributed by atoms with Crippen LogP contribution in [0.3, 0.4) is 0 Å². The van der Waals surface area contributed by atoms with Gasteiger partial charge in [0, 0.05) is 242 Å². The molecule has 6 heteroatoms. The summed E-state index contributed by atoms with van der Waals surface area (Å²) in [6, 6.07) is 10.8. The highest BCUT2D eigenvalue weighted by Gasteiger charge is 2.52. The Morgan fingerprint density at radius 2 is 0.632 bits per heavy atom. The predicted molar refractivity (Wildman–Crippen MR) is 260 cm³/mol. The first-order chi connectivity index (χ1) is 33.6. The van der Waals surface area contributed by atoms with Crippen LogP contribution in [0.4, 0.5) is 11.4 Å². The van der Waals surface area contributed by atoms with Crippen molar-refractivity contribution < 1.29 is 19.1 Å². The van der Waals surface area contributed by atoms with Crippen molar-refractivity contribution in [3.63, 3.8) is 0 Å². The highest BCUT2D eigenvalue weighted by Crippen LogP contribution is 2.38. The second-order valence-corrected chi connectivity index (χ2v) is 10.5. The van der Waals surface area contributed by atoms with Crippen LogP contribution in [-0.4, -0.2) is 24.7 Å². The van der Waals surface area contributed by atoms with E-state index in [1.807, 2.05) is 12.1 Å². The maximum atomic E-state index is 13.0. The molecule has 2 aromatic rings. The summed E-state index contributed by atoms with van der Waals surface area (Å²) in [7, 11) is 1.15. The van der Waals surface area contributed by atoms with E-state index in [1.54, 1.807) is 24.3 Å². The molecule has 0 atom stereocenters. The molecule has 0 saturated heterocycles. The molecule has 0 unspecified atom stereocenters. The van der Waals surface area contributed by atoms with Gasteiger partial charge in [0.25, 0.3) is 0 Å². The Kier molecular flexibility index (Phi) is 23.5. The van der Waals surface area contributed by atoms with Crippen LogP contribution in [0.25, 0.3) is 10.8 Å². The second-order valence-electron chi connectivity index (χ2n) is 10.5. The molecule has 0 aromatic heterocycles. The lowest BCUT2D eigenvalue weighted by Crippen LogP contribution is -2.61. The molecular formula is C62H12N2O4. The van der Waals surface area contributed by atoms with Crippen molar-refractivity contribution in [2.45, 2.75) is 5.66 Å². The SMILES string of the molecule is C#CC#CC#CC#CC#CC#CC#CC#CC#CC#CC#CC#CC#CC#CC#CC#CC#CC#CC#CC#CC#CC#CC#CC#COC(=O)C1(C(=O)OC)Nc2cccc3cccc(c23)N1. The zero-order valence-corrected chi connectivity index (χ0v) is 34.7. The van der Waals surface area contributed by atoms with E-state index < -0.39 is 17.6 Å². The van der Waals surface area contributed by atoms with Gasteiger partial charge in [0.15, 0.2) is 0 Å². The largest absolute Gasteiger partial charge is 0.465 e. The lowest BCUT2D eigenvalue weighted by atomic mass is 9.99. The van der Waals surface area contributed by atoms with Gasteiger partial charge in [0.05, 0.1) is 7.11 Å². The highest BCUT2D eigenvalue weighted by molar-refractivity contribution is 6.17. The monoisotopic (exact) mass is 848 g/mol. The number of methoxy groups -OCH3 is 1. The van der Waals surface area contributed by atoms with Crippen LogP contribution < -0.4 is 10.6 Å². The summed E-state index contributed by atoms with van der Waals surface area (Å²) in [5.41, 5.74) is -0.994. The Hall–Kier alpha value is -13.3. The highest BCUT2D eigenvalue weighted by atomic mass is 16.6. The zero-order chi connectivity index (χ0) is 48.3. The predicted octanol–water partition coefficient (Wildman–Crippen LogP) is 1.76. The summed E-state index contributed by atoms with van der Waals surface area (Å²) in [5, 5.41) is 7.49. The number of carbonyl (C=O) groups is 2. The number of hydrogen-bond donors (Lipinski definition) is 2. The number of ether oxygens (including phenoxy) is 2. The summed E-state index contributed by atoms with van der Waals surface area (Å²) in [6.45, 7) is 0. The van der Waals surface area contributed by atoms with Crippen LogP contribution in [0.2, 0.25) is 0 Å². The van der Waals surface area contributed by atoms with Gasteiger partial charge in [-0.2, -0.15) is 0 Å². The average Bonchev–Trinajstić information content (AvgIpc) is 3.35. The fourth-order valence-electron chi connectivity index (χ4n) is 3.98. The van der Waals surface area contributed by atoms with Crippen LogP contribution in [-0.2, 0) is 19.1 Å². The number of nitrogens with one attached hydrogen (secondary N) is 2. The van der Waals surface area contributed by atoms with Gasteiger partial charge in [0.2, 0.25) is 0 Å². The van der Waals surface area contributed by atoms with Crippen LogP contribution >= 0.6 is 0 Å². The number of anilines is 2. The maximum Gasteiger partial charge on any atom is 0.379 e. The molecule has 0 amide bonds. The minimum Gasteiger partial charge on any atom is -0.465 e. The van der Waals surface area contributed by atoms with E-state index in [4.69, 9.17) is 15.9 Å².